The summed E-state index contributed by atoms with van der Waals surface area (Å²) in [6.07, 6.45) is 0. The maximum absolute atomic E-state index is 13.4. The number of para-hydroxylation sites is 1. The van der Waals surface area contributed by atoms with Gasteiger partial charge in [-0.1, -0.05) is 17.7 Å². The van der Waals surface area contributed by atoms with Crippen molar-refractivity contribution in [2.24, 2.45) is 0 Å². The van der Waals surface area contributed by atoms with Gasteiger partial charge in [0.1, 0.15) is 11.5 Å². The van der Waals surface area contributed by atoms with Gasteiger partial charge < -0.3 is 5.32 Å². The van der Waals surface area contributed by atoms with Gasteiger partial charge in [0.05, 0.1) is 9.95 Å². The van der Waals surface area contributed by atoms with E-state index in [9.17, 15) is 18.9 Å². The summed E-state index contributed by atoms with van der Waals surface area (Å²) in [5.41, 5.74) is -0.528. The zero-order chi connectivity index (χ0) is 14.0. The van der Waals surface area contributed by atoms with E-state index in [0.29, 0.717) is 0 Å². The van der Waals surface area contributed by atoms with E-state index in [-0.39, 0.29) is 16.4 Å². The second-order valence-electron chi connectivity index (χ2n) is 3.65. The molecule has 0 heterocycles. The highest BCUT2D eigenvalue weighted by molar-refractivity contribution is 6.30. The molecular weight excluding hydrogens is 278 g/mol. The normalized spacial score (nSPS) is 10.3. The van der Waals surface area contributed by atoms with Gasteiger partial charge in [-0.3, -0.25) is 10.1 Å². The van der Waals surface area contributed by atoms with Gasteiger partial charge in [-0.15, -0.1) is 0 Å². The first kappa shape index (κ1) is 13.2. The Morgan fingerprint density at radius 2 is 1.89 bits per heavy atom. The summed E-state index contributed by atoms with van der Waals surface area (Å²) in [5.74, 6) is -1.64. The van der Waals surface area contributed by atoms with Gasteiger partial charge in [-0.25, -0.2) is 4.39 Å². The molecule has 2 aromatic rings. The van der Waals surface area contributed by atoms with Crippen molar-refractivity contribution < 1.29 is 13.7 Å². The standard InChI is InChI=1S/C12H7ClF2N2O2/c13-8-5-4-7(6-10(8)15)16-11-3-1-2-9(14)12(11)17(18)19/h1-6,16H. The molecule has 2 aromatic carbocycles. The van der Waals surface area contributed by atoms with Gasteiger partial charge in [-0.2, -0.15) is 4.39 Å². The summed E-state index contributed by atoms with van der Waals surface area (Å²) < 4.78 is 26.6. The molecule has 0 unspecified atom stereocenters. The topological polar surface area (TPSA) is 55.2 Å². The van der Waals surface area contributed by atoms with Gasteiger partial charge in [0.25, 0.3) is 0 Å². The quantitative estimate of drug-likeness (QED) is 0.676. The van der Waals surface area contributed by atoms with E-state index in [1.807, 2.05) is 0 Å². The highest BCUT2D eigenvalue weighted by atomic mass is 35.5. The molecule has 0 atom stereocenters. The van der Waals surface area contributed by atoms with Crippen molar-refractivity contribution in [2.75, 3.05) is 5.32 Å². The fourth-order valence-corrected chi connectivity index (χ4v) is 1.65. The van der Waals surface area contributed by atoms with Gasteiger partial charge in [0.15, 0.2) is 0 Å². The molecule has 0 amide bonds. The van der Waals surface area contributed by atoms with Crippen LogP contribution in [0.25, 0.3) is 0 Å². The van der Waals surface area contributed by atoms with E-state index < -0.39 is 22.2 Å². The van der Waals surface area contributed by atoms with E-state index in [1.54, 1.807) is 0 Å². The van der Waals surface area contributed by atoms with Crippen LogP contribution in [0.4, 0.5) is 25.8 Å². The summed E-state index contributed by atoms with van der Waals surface area (Å²) in [6, 6.07) is 7.41. The SMILES string of the molecule is O=[N+]([O-])c1c(F)cccc1Nc1ccc(Cl)c(F)c1. The number of nitro groups is 1. The molecule has 0 saturated carbocycles. The number of nitrogens with zero attached hydrogens (tertiary/aromatic N) is 1. The minimum Gasteiger partial charge on any atom is -0.350 e. The van der Waals surface area contributed by atoms with E-state index in [0.717, 1.165) is 12.1 Å². The minimum atomic E-state index is -0.968. The van der Waals surface area contributed by atoms with Crippen molar-refractivity contribution in [1.29, 1.82) is 0 Å². The van der Waals surface area contributed by atoms with E-state index in [2.05, 4.69) is 5.32 Å². The monoisotopic (exact) mass is 284 g/mol. The zero-order valence-corrected chi connectivity index (χ0v) is 10.1. The first-order valence-corrected chi connectivity index (χ1v) is 5.52. The van der Waals surface area contributed by atoms with Gasteiger partial charge in [0, 0.05) is 5.69 Å². The van der Waals surface area contributed by atoms with Crippen molar-refractivity contribution in [1.82, 2.24) is 0 Å². The molecule has 0 aliphatic heterocycles. The Morgan fingerprint density at radius 3 is 2.53 bits per heavy atom. The molecule has 2 rings (SSSR count). The third-order valence-electron chi connectivity index (χ3n) is 2.37. The Bertz CT molecular complexity index is 650. The number of halogens is 3. The summed E-state index contributed by atoms with van der Waals surface area (Å²) in [5, 5.41) is 13.3. The average molecular weight is 285 g/mol. The molecule has 98 valence electrons. The molecule has 0 bridgehead atoms. The van der Waals surface area contributed by atoms with Crippen LogP contribution in [-0.4, -0.2) is 4.92 Å². The fraction of sp³-hybridized carbons (Fsp3) is 0. The van der Waals surface area contributed by atoms with Crippen molar-refractivity contribution in [3.63, 3.8) is 0 Å². The molecule has 0 aliphatic rings. The lowest BCUT2D eigenvalue weighted by Crippen LogP contribution is -1.99. The fourth-order valence-electron chi connectivity index (χ4n) is 1.53. The second-order valence-corrected chi connectivity index (χ2v) is 4.05. The Balaban J connectivity index is 2.40. The Labute approximate surface area is 111 Å². The molecule has 7 heteroatoms. The Morgan fingerprint density at radius 1 is 1.16 bits per heavy atom. The highest BCUT2D eigenvalue weighted by Crippen LogP contribution is 2.30. The third kappa shape index (κ3) is 2.79. The predicted octanol–water partition coefficient (Wildman–Crippen LogP) is 4.27. The van der Waals surface area contributed by atoms with Crippen LogP contribution in [-0.2, 0) is 0 Å². The molecule has 19 heavy (non-hydrogen) atoms. The lowest BCUT2D eigenvalue weighted by molar-refractivity contribution is -0.386. The average Bonchev–Trinajstić information content (AvgIpc) is 2.33. The first-order valence-electron chi connectivity index (χ1n) is 5.14. The van der Waals surface area contributed by atoms with Crippen LogP contribution in [0.15, 0.2) is 36.4 Å². The first-order chi connectivity index (χ1) is 8.99. The predicted molar refractivity (Wildman–Crippen MR) is 67.7 cm³/mol. The number of anilines is 2. The van der Waals surface area contributed by atoms with Crippen LogP contribution in [0.5, 0.6) is 0 Å². The molecule has 0 radical (unpaired) electrons. The summed E-state index contributed by atoms with van der Waals surface area (Å²) in [6.45, 7) is 0. The molecular formula is C12H7ClF2N2O2. The van der Waals surface area contributed by atoms with Gasteiger partial charge in [-0.05, 0) is 30.3 Å². The number of rotatable bonds is 3. The molecule has 4 nitrogen and oxygen atoms in total. The van der Waals surface area contributed by atoms with E-state index in [1.165, 1.54) is 24.3 Å². The molecule has 0 fully saturated rings. The van der Waals surface area contributed by atoms with Crippen LogP contribution in [0.2, 0.25) is 5.02 Å². The summed E-state index contributed by atoms with van der Waals surface area (Å²) in [4.78, 5) is 9.94. The minimum absolute atomic E-state index is 0.0632. The van der Waals surface area contributed by atoms with Crippen LogP contribution in [0, 0.1) is 21.7 Å². The number of benzene rings is 2. The van der Waals surface area contributed by atoms with Crippen LogP contribution >= 0.6 is 11.6 Å². The van der Waals surface area contributed by atoms with Crippen LogP contribution in [0.1, 0.15) is 0 Å². The number of nitrogens with one attached hydrogen (secondary N) is 1. The Kier molecular flexibility index (Phi) is 3.62. The molecule has 1 N–H and O–H groups in total. The lowest BCUT2D eigenvalue weighted by Gasteiger charge is -2.08. The molecule has 0 saturated heterocycles. The van der Waals surface area contributed by atoms with E-state index in [4.69, 9.17) is 11.6 Å². The molecule has 0 aliphatic carbocycles. The van der Waals surface area contributed by atoms with Crippen molar-refractivity contribution in [3.8, 4) is 0 Å². The molecule has 0 spiro atoms. The Hall–Kier alpha value is -2.21. The van der Waals surface area contributed by atoms with Crippen LogP contribution in [0.3, 0.4) is 0 Å². The zero-order valence-electron chi connectivity index (χ0n) is 9.36. The van der Waals surface area contributed by atoms with Gasteiger partial charge >= 0.3 is 5.69 Å². The van der Waals surface area contributed by atoms with Crippen molar-refractivity contribution >= 4 is 28.7 Å². The lowest BCUT2D eigenvalue weighted by atomic mass is 10.2. The third-order valence-corrected chi connectivity index (χ3v) is 2.67. The largest absolute Gasteiger partial charge is 0.350 e. The maximum atomic E-state index is 13.4. The smallest absolute Gasteiger partial charge is 0.327 e. The summed E-state index contributed by atoms with van der Waals surface area (Å²) >= 11 is 5.52. The van der Waals surface area contributed by atoms with Gasteiger partial charge in [0.2, 0.25) is 5.82 Å². The van der Waals surface area contributed by atoms with Crippen LogP contribution < -0.4 is 5.32 Å². The highest BCUT2D eigenvalue weighted by Gasteiger charge is 2.19. The number of hydrogen-bond donors (Lipinski definition) is 1. The maximum Gasteiger partial charge on any atom is 0.327 e. The number of hydrogen-bond acceptors (Lipinski definition) is 3. The van der Waals surface area contributed by atoms with Crippen molar-refractivity contribution in [3.05, 3.63) is 63.2 Å². The second kappa shape index (κ2) is 5.19. The van der Waals surface area contributed by atoms with Crippen molar-refractivity contribution in [2.45, 2.75) is 0 Å². The van der Waals surface area contributed by atoms with E-state index >= 15 is 0 Å². The summed E-state index contributed by atoms with van der Waals surface area (Å²) in [7, 11) is 0. The molecule has 0 aromatic heterocycles. The number of nitro benzene ring substituents is 1.